The van der Waals surface area contributed by atoms with E-state index in [1.165, 1.54) is 25.3 Å². The molecule has 0 saturated heterocycles. The molecular formula is C23H24F3N3O5. The molecule has 1 aliphatic rings. The molecule has 1 atom stereocenters. The average molecular weight is 479 g/mol. The third-order valence-corrected chi connectivity index (χ3v) is 4.94. The van der Waals surface area contributed by atoms with Gasteiger partial charge in [-0.1, -0.05) is 0 Å². The van der Waals surface area contributed by atoms with Gasteiger partial charge < -0.3 is 23.9 Å². The van der Waals surface area contributed by atoms with Crippen LogP contribution in [0.3, 0.4) is 0 Å². The van der Waals surface area contributed by atoms with E-state index in [4.69, 9.17) is 18.6 Å². The number of nitrogens with one attached hydrogen (secondary N) is 1. The summed E-state index contributed by atoms with van der Waals surface area (Å²) in [5, 5.41) is 2.70. The molecule has 0 unspecified atom stereocenters. The third-order valence-electron chi connectivity index (χ3n) is 4.94. The maximum absolute atomic E-state index is 12.8. The highest BCUT2D eigenvalue weighted by Gasteiger charge is 2.29. The molecule has 0 bridgehead atoms. The fourth-order valence-electron chi connectivity index (χ4n) is 3.15. The van der Waals surface area contributed by atoms with Gasteiger partial charge in [-0.2, -0.15) is 13.2 Å². The molecule has 4 rings (SSSR count). The molecule has 0 radical (unpaired) electrons. The molecule has 1 amide bonds. The zero-order valence-electron chi connectivity index (χ0n) is 18.6. The summed E-state index contributed by atoms with van der Waals surface area (Å²) < 4.78 is 60.5. The summed E-state index contributed by atoms with van der Waals surface area (Å²) in [4.78, 5) is 19.6. The van der Waals surface area contributed by atoms with Crippen LogP contribution in [0.4, 0.5) is 13.2 Å². The Morgan fingerprint density at radius 1 is 1.24 bits per heavy atom. The minimum Gasteiger partial charge on any atom is -0.493 e. The zero-order chi connectivity index (χ0) is 24.3. The summed E-state index contributed by atoms with van der Waals surface area (Å²) >= 11 is 0. The lowest BCUT2D eigenvalue weighted by atomic mass is 10.2. The Morgan fingerprint density at radius 2 is 2.03 bits per heavy atom. The summed E-state index contributed by atoms with van der Waals surface area (Å²) in [5.74, 6) is 1.00. The highest BCUT2D eigenvalue weighted by atomic mass is 19.4. The Kier molecular flexibility index (Phi) is 6.80. The van der Waals surface area contributed by atoms with Gasteiger partial charge in [-0.25, -0.2) is 9.97 Å². The van der Waals surface area contributed by atoms with Gasteiger partial charge in [0.1, 0.15) is 23.6 Å². The van der Waals surface area contributed by atoms with Crippen LogP contribution in [0.2, 0.25) is 0 Å². The van der Waals surface area contributed by atoms with Crippen molar-refractivity contribution in [3.63, 3.8) is 0 Å². The first-order valence-electron chi connectivity index (χ1n) is 10.8. The lowest BCUT2D eigenvalue weighted by Crippen LogP contribution is -2.35. The molecule has 3 aromatic rings. The van der Waals surface area contributed by atoms with Gasteiger partial charge >= 0.3 is 6.18 Å². The van der Waals surface area contributed by atoms with E-state index in [9.17, 15) is 18.0 Å². The zero-order valence-corrected chi connectivity index (χ0v) is 18.6. The van der Waals surface area contributed by atoms with Gasteiger partial charge in [-0.05, 0) is 37.8 Å². The summed E-state index contributed by atoms with van der Waals surface area (Å²) in [6.07, 6.45) is -0.896. The number of amides is 1. The van der Waals surface area contributed by atoms with Crippen LogP contribution < -0.4 is 19.5 Å². The first-order valence-corrected chi connectivity index (χ1v) is 10.8. The van der Waals surface area contributed by atoms with E-state index >= 15 is 0 Å². The van der Waals surface area contributed by atoms with Crippen LogP contribution in [0.1, 0.15) is 26.7 Å². The van der Waals surface area contributed by atoms with Crippen LogP contribution in [0.15, 0.2) is 34.9 Å². The molecule has 1 aliphatic carbocycles. The maximum Gasteiger partial charge on any atom is 0.422 e. The number of pyridine rings is 1. The summed E-state index contributed by atoms with van der Waals surface area (Å²) in [6, 6.07) is 5.90. The van der Waals surface area contributed by atoms with Gasteiger partial charge in [0.05, 0.1) is 24.4 Å². The third kappa shape index (κ3) is 6.52. The van der Waals surface area contributed by atoms with Gasteiger partial charge in [0, 0.05) is 19.1 Å². The molecule has 8 nitrogen and oxygen atoms in total. The number of benzene rings is 1. The number of aromatic nitrogens is 2. The molecule has 11 heteroatoms. The molecule has 1 N–H and O–H groups in total. The van der Waals surface area contributed by atoms with Crippen molar-refractivity contribution >= 4 is 17.0 Å². The molecule has 34 heavy (non-hydrogen) atoms. The van der Waals surface area contributed by atoms with Crippen molar-refractivity contribution in [2.24, 2.45) is 5.92 Å². The monoisotopic (exact) mass is 479 g/mol. The number of carbonyl (C=O) groups excluding carboxylic acids is 1. The van der Waals surface area contributed by atoms with E-state index in [-0.39, 0.29) is 41.6 Å². The Morgan fingerprint density at radius 3 is 2.74 bits per heavy atom. The molecular weight excluding hydrogens is 455 g/mol. The normalized spacial score (nSPS) is 14.6. The molecule has 182 valence electrons. The molecule has 0 aliphatic heterocycles. The number of hydrogen-bond acceptors (Lipinski definition) is 7. The summed E-state index contributed by atoms with van der Waals surface area (Å²) in [7, 11) is 0. The number of halogens is 3. The van der Waals surface area contributed by atoms with E-state index in [0.29, 0.717) is 29.4 Å². The second kappa shape index (κ2) is 9.78. The van der Waals surface area contributed by atoms with Crippen LogP contribution in [-0.4, -0.2) is 47.9 Å². The molecule has 2 heterocycles. The number of nitrogens with zero attached hydrogens (tertiary/aromatic N) is 2. The average Bonchev–Trinajstić information content (AvgIpc) is 3.50. The van der Waals surface area contributed by atoms with Gasteiger partial charge in [0.25, 0.3) is 0 Å². The quantitative estimate of drug-likeness (QED) is 0.457. The van der Waals surface area contributed by atoms with Crippen LogP contribution in [-0.2, 0) is 4.79 Å². The number of alkyl halides is 3. The molecule has 1 aromatic carbocycles. The molecule has 1 saturated carbocycles. The van der Waals surface area contributed by atoms with Crippen LogP contribution in [0.5, 0.6) is 17.4 Å². The fraction of sp³-hybridized carbons (Fsp3) is 0.435. The minimum absolute atomic E-state index is 0.0502. The van der Waals surface area contributed by atoms with Crippen molar-refractivity contribution in [3.05, 3.63) is 30.5 Å². The Bertz CT molecular complexity index is 1160. The molecule has 2 aromatic heterocycles. The Balaban J connectivity index is 1.55. The lowest BCUT2D eigenvalue weighted by molar-refractivity contribution is -0.153. The van der Waals surface area contributed by atoms with E-state index in [1.54, 1.807) is 19.1 Å². The number of carbonyl (C=O) groups is 1. The number of fused-ring (bicyclic) bond motifs is 1. The largest absolute Gasteiger partial charge is 0.493 e. The van der Waals surface area contributed by atoms with Crippen molar-refractivity contribution in [2.75, 3.05) is 19.8 Å². The predicted octanol–water partition coefficient (Wildman–Crippen LogP) is 4.52. The standard InChI is InChI=1S/C23H24F3N3O5/c1-13(28-14(2)30)10-32-21-8-20-18(9-27-21)29-22(34-20)17-6-5-16(31-11-15-3-4-15)7-19(17)33-12-23(24,25)26/h5-9,13,15H,3-4,10-12H2,1-2H3,(H,28,30)/t13-/m0/s1. The Labute approximate surface area is 193 Å². The Hall–Kier alpha value is -3.50. The topological polar surface area (TPSA) is 95.7 Å². The molecule has 1 fully saturated rings. The van der Waals surface area contributed by atoms with Gasteiger partial charge in [0.15, 0.2) is 12.2 Å². The molecule has 0 spiro atoms. The number of rotatable bonds is 10. The van der Waals surface area contributed by atoms with Crippen LogP contribution in [0.25, 0.3) is 22.6 Å². The smallest absolute Gasteiger partial charge is 0.422 e. The van der Waals surface area contributed by atoms with Crippen molar-refractivity contribution in [3.8, 4) is 28.8 Å². The van der Waals surface area contributed by atoms with Crippen molar-refractivity contribution in [1.29, 1.82) is 0 Å². The van der Waals surface area contributed by atoms with Crippen molar-refractivity contribution in [2.45, 2.75) is 38.9 Å². The maximum atomic E-state index is 12.8. The van der Waals surface area contributed by atoms with Gasteiger partial charge in [-0.3, -0.25) is 4.79 Å². The number of ether oxygens (including phenoxy) is 3. The first-order chi connectivity index (χ1) is 16.2. The van der Waals surface area contributed by atoms with Gasteiger partial charge in [0.2, 0.25) is 17.7 Å². The van der Waals surface area contributed by atoms with Crippen molar-refractivity contribution in [1.82, 2.24) is 15.3 Å². The predicted molar refractivity (Wildman–Crippen MR) is 116 cm³/mol. The van der Waals surface area contributed by atoms with Crippen molar-refractivity contribution < 1.29 is 36.6 Å². The first kappa shape index (κ1) is 23.7. The van der Waals surface area contributed by atoms with E-state index in [0.717, 1.165) is 12.8 Å². The number of hydrogen-bond donors (Lipinski definition) is 1. The van der Waals surface area contributed by atoms with E-state index in [2.05, 4.69) is 15.3 Å². The second-order valence-electron chi connectivity index (χ2n) is 8.24. The van der Waals surface area contributed by atoms with Crippen LogP contribution in [0, 0.1) is 5.92 Å². The van der Waals surface area contributed by atoms with E-state index < -0.39 is 12.8 Å². The summed E-state index contributed by atoms with van der Waals surface area (Å²) in [5.41, 5.74) is 0.983. The SMILES string of the molecule is CC(=O)N[C@@H](C)COc1cc2oc(-c3ccc(OCC4CC4)cc3OCC(F)(F)F)nc2cn1. The number of oxazole rings is 1. The minimum atomic E-state index is -4.51. The van der Waals surface area contributed by atoms with E-state index in [1.807, 2.05) is 0 Å². The second-order valence-corrected chi connectivity index (χ2v) is 8.24. The lowest BCUT2D eigenvalue weighted by Gasteiger charge is -2.13. The van der Waals surface area contributed by atoms with Crippen LogP contribution >= 0.6 is 0 Å². The summed E-state index contributed by atoms with van der Waals surface area (Å²) in [6.45, 7) is 2.44. The fourth-order valence-corrected chi connectivity index (χ4v) is 3.15. The highest BCUT2D eigenvalue weighted by molar-refractivity contribution is 5.78. The van der Waals surface area contributed by atoms with Gasteiger partial charge in [-0.15, -0.1) is 0 Å². The highest BCUT2D eigenvalue weighted by Crippen LogP contribution is 2.37.